The first kappa shape index (κ1) is 19.4. The third-order valence-electron chi connectivity index (χ3n) is 4.39. The highest BCUT2D eigenvalue weighted by Crippen LogP contribution is 2.16. The van der Waals surface area contributed by atoms with E-state index < -0.39 is 10.0 Å². The van der Waals surface area contributed by atoms with E-state index in [1.807, 2.05) is 25.1 Å². The standard InChI is InChI=1S/C20H24N2O4S/c1-16-3-2-4-18(13-16)15-27(24,25)21-19-7-5-17(6-8-19)14-20(23)22-9-11-26-12-10-22/h2-8,13,21H,9-12,14-15H2,1H3. The molecule has 3 rings (SSSR count). The van der Waals surface area contributed by atoms with Crippen molar-refractivity contribution in [2.24, 2.45) is 0 Å². The highest BCUT2D eigenvalue weighted by atomic mass is 32.2. The molecule has 0 aliphatic carbocycles. The maximum absolute atomic E-state index is 12.4. The molecule has 0 radical (unpaired) electrons. The molecule has 0 bridgehead atoms. The molecule has 2 aromatic rings. The van der Waals surface area contributed by atoms with Gasteiger partial charge >= 0.3 is 0 Å². The van der Waals surface area contributed by atoms with Crippen molar-refractivity contribution in [2.75, 3.05) is 31.0 Å². The van der Waals surface area contributed by atoms with Gasteiger partial charge in [0.25, 0.3) is 0 Å². The molecule has 7 heteroatoms. The van der Waals surface area contributed by atoms with Gasteiger partial charge in [-0.05, 0) is 30.2 Å². The molecule has 1 N–H and O–H groups in total. The SMILES string of the molecule is Cc1cccc(CS(=O)(=O)Nc2ccc(CC(=O)N3CCOCC3)cc2)c1. The van der Waals surface area contributed by atoms with Crippen LogP contribution < -0.4 is 4.72 Å². The van der Waals surface area contributed by atoms with E-state index in [4.69, 9.17) is 4.74 Å². The fraction of sp³-hybridized carbons (Fsp3) is 0.350. The Morgan fingerprint density at radius 1 is 1.07 bits per heavy atom. The Morgan fingerprint density at radius 2 is 1.78 bits per heavy atom. The summed E-state index contributed by atoms with van der Waals surface area (Å²) >= 11 is 0. The number of nitrogens with one attached hydrogen (secondary N) is 1. The quantitative estimate of drug-likeness (QED) is 0.824. The maximum atomic E-state index is 12.4. The van der Waals surface area contributed by atoms with Gasteiger partial charge < -0.3 is 9.64 Å². The lowest BCUT2D eigenvalue weighted by molar-refractivity contribution is -0.134. The highest BCUT2D eigenvalue weighted by molar-refractivity contribution is 7.91. The molecule has 1 saturated heterocycles. The molecule has 144 valence electrons. The van der Waals surface area contributed by atoms with Gasteiger partial charge in [-0.15, -0.1) is 0 Å². The van der Waals surface area contributed by atoms with Gasteiger partial charge in [-0.1, -0.05) is 42.0 Å². The lowest BCUT2D eigenvalue weighted by atomic mass is 10.1. The molecular formula is C20H24N2O4S. The Kier molecular flexibility index (Phi) is 6.13. The molecule has 0 unspecified atom stereocenters. The summed E-state index contributed by atoms with van der Waals surface area (Å²) in [6, 6.07) is 14.4. The number of ether oxygens (including phenoxy) is 1. The fourth-order valence-corrected chi connectivity index (χ4v) is 4.21. The zero-order valence-electron chi connectivity index (χ0n) is 15.3. The summed E-state index contributed by atoms with van der Waals surface area (Å²) < 4.78 is 32.6. The minimum absolute atomic E-state index is 0.0612. The summed E-state index contributed by atoms with van der Waals surface area (Å²) in [6.45, 7) is 4.33. The van der Waals surface area contributed by atoms with E-state index in [1.165, 1.54) is 0 Å². The van der Waals surface area contributed by atoms with Crippen LogP contribution in [0.2, 0.25) is 0 Å². The van der Waals surface area contributed by atoms with Crippen LogP contribution in [0.15, 0.2) is 48.5 Å². The monoisotopic (exact) mass is 388 g/mol. The van der Waals surface area contributed by atoms with Crippen LogP contribution in [0.25, 0.3) is 0 Å². The zero-order chi connectivity index (χ0) is 19.3. The molecule has 0 spiro atoms. The number of hydrogen-bond acceptors (Lipinski definition) is 4. The molecule has 1 amide bonds. The molecule has 1 heterocycles. The predicted octanol–water partition coefficient (Wildman–Crippen LogP) is 2.34. The summed E-state index contributed by atoms with van der Waals surface area (Å²) in [5, 5.41) is 0. The Labute approximate surface area is 160 Å². The molecule has 0 atom stereocenters. The lowest BCUT2D eigenvalue weighted by Gasteiger charge is -2.26. The summed E-state index contributed by atoms with van der Waals surface area (Å²) in [6.07, 6.45) is 0.302. The summed E-state index contributed by atoms with van der Waals surface area (Å²) in [7, 11) is -3.50. The lowest BCUT2D eigenvalue weighted by Crippen LogP contribution is -2.41. The first-order valence-corrected chi connectivity index (χ1v) is 10.6. The average molecular weight is 388 g/mol. The number of rotatable bonds is 6. The van der Waals surface area contributed by atoms with Crippen molar-refractivity contribution in [1.29, 1.82) is 0 Å². The van der Waals surface area contributed by atoms with Gasteiger partial charge in [0.1, 0.15) is 0 Å². The molecular weight excluding hydrogens is 364 g/mol. The molecule has 1 fully saturated rings. The second-order valence-corrected chi connectivity index (χ2v) is 8.44. The smallest absolute Gasteiger partial charge is 0.236 e. The molecule has 6 nitrogen and oxygen atoms in total. The third kappa shape index (κ3) is 5.80. The topological polar surface area (TPSA) is 75.7 Å². The predicted molar refractivity (Wildman–Crippen MR) is 105 cm³/mol. The number of amides is 1. The van der Waals surface area contributed by atoms with Crippen LogP contribution in [0.4, 0.5) is 5.69 Å². The number of morpholine rings is 1. The van der Waals surface area contributed by atoms with E-state index in [0.717, 1.165) is 16.7 Å². The summed E-state index contributed by atoms with van der Waals surface area (Å²) in [5.74, 6) is -0.0162. The van der Waals surface area contributed by atoms with E-state index >= 15 is 0 Å². The van der Waals surface area contributed by atoms with E-state index in [0.29, 0.717) is 38.4 Å². The molecule has 27 heavy (non-hydrogen) atoms. The van der Waals surface area contributed by atoms with E-state index in [-0.39, 0.29) is 11.7 Å². The minimum atomic E-state index is -3.50. The number of nitrogens with zero attached hydrogens (tertiary/aromatic N) is 1. The van der Waals surface area contributed by atoms with Crippen molar-refractivity contribution in [1.82, 2.24) is 4.90 Å². The van der Waals surface area contributed by atoms with Crippen molar-refractivity contribution >= 4 is 21.6 Å². The Hall–Kier alpha value is -2.38. The molecule has 0 aromatic heterocycles. The van der Waals surface area contributed by atoms with Gasteiger partial charge in [-0.25, -0.2) is 8.42 Å². The van der Waals surface area contributed by atoms with Crippen molar-refractivity contribution in [3.05, 3.63) is 65.2 Å². The van der Waals surface area contributed by atoms with Crippen molar-refractivity contribution in [2.45, 2.75) is 19.1 Å². The molecule has 0 saturated carbocycles. The number of anilines is 1. The van der Waals surface area contributed by atoms with Crippen molar-refractivity contribution in [3.8, 4) is 0 Å². The molecule has 1 aliphatic heterocycles. The number of benzene rings is 2. The average Bonchev–Trinajstić information content (AvgIpc) is 2.63. The summed E-state index contributed by atoms with van der Waals surface area (Å²) in [4.78, 5) is 14.1. The fourth-order valence-electron chi connectivity index (χ4n) is 3.03. The minimum Gasteiger partial charge on any atom is -0.378 e. The van der Waals surface area contributed by atoms with E-state index in [9.17, 15) is 13.2 Å². The zero-order valence-corrected chi connectivity index (χ0v) is 16.2. The van der Waals surface area contributed by atoms with Crippen LogP contribution in [0.3, 0.4) is 0 Å². The van der Waals surface area contributed by atoms with E-state index in [2.05, 4.69) is 4.72 Å². The largest absolute Gasteiger partial charge is 0.378 e. The van der Waals surface area contributed by atoms with Crippen molar-refractivity contribution < 1.29 is 17.9 Å². The van der Waals surface area contributed by atoms with Crippen molar-refractivity contribution in [3.63, 3.8) is 0 Å². The summed E-state index contributed by atoms with van der Waals surface area (Å²) in [5.41, 5.74) is 3.12. The van der Waals surface area contributed by atoms with Crippen LogP contribution in [0, 0.1) is 6.92 Å². The van der Waals surface area contributed by atoms with E-state index in [1.54, 1.807) is 35.2 Å². The number of carbonyl (C=O) groups is 1. The maximum Gasteiger partial charge on any atom is 0.236 e. The van der Waals surface area contributed by atoms with Crippen LogP contribution >= 0.6 is 0 Å². The van der Waals surface area contributed by atoms with Crippen LogP contribution in [-0.4, -0.2) is 45.5 Å². The van der Waals surface area contributed by atoms with Crippen LogP contribution in [-0.2, 0) is 31.7 Å². The highest BCUT2D eigenvalue weighted by Gasteiger charge is 2.17. The second kappa shape index (κ2) is 8.54. The van der Waals surface area contributed by atoms with Gasteiger partial charge in [-0.2, -0.15) is 0 Å². The Morgan fingerprint density at radius 3 is 2.44 bits per heavy atom. The second-order valence-electron chi connectivity index (χ2n) is 6.72. The third-order valence-corrected chi connectivity index (χ3v) is 5.65. The van der Waals surface area contributed by atoms with Gasteiger partial charge in [0.05, 0.1) is 25.4 Å². The number of aryl methyl sites for hydroxylation is 1. The van der Waals surface area contributed by atoms with Crippen LogP contribution in [0.1, 0.15) is 16.7 Å². The van der Waals surface area contributed by atoms with Gasteiger partial charge in [0.15, 0.2) is 0 Å². The van der Waals surface area contributed by atoms with Gasteiger partial charge in [0, 0.05) is 18.8 Å². The normalized spacial score (nSPS) is 14.8. The number of hydrogen-bond donors (Lipinski definition) is 1. The number of sulfonamides is 1. The van der Waals surface area contributed by atoms with Crippen LogP contribution in [0.5, 0.6) is 0 Å². The molecule has 1 aliphatic rings. The Bertz CT molecular complexity index is 888. The molecule has 2 aromatic carbocycles. The Balaban J connectivity index is 1.58. The van der Waals surface area contributed by atoms with Gasteiger partial charge in [0.2, 0.25) is 15.9 Å². The van der Waals surface area contributed by atoms with Gasteiger partial charge in [-0.3, -0.25) is 9.52 Å². The number of carbonyl (C=O) groups excluding carboxylic acids is 1. The first-order valence-electron chi connectivity index (χ1n) is 8.92. The first-order chi connectivity index (χ1) is 12.9.